The fourth-order valence-electron chi connectivity index (χ4n) is 2.95. The van der Waals surface area contributed by atoms with Gasteiger partial charge in [0, 0.05) is 18.2 Å². The number of rotatable bonds is 6. The number of furan rings is 1. The van der Waals surface area contributed by atoms with Gasteiger partial charge in [0.2, 0.25) is 0 Å². The summed E-state index contributed by atoms with van der Waals surface area (Å²) in [5.74, 6) is 1.10. The average molecular weight is 250 g/mol. The molecule has 0 saturated heterocycles. The molecule has 1 aliphatic rings. The van der Waals surface area contributed by atoms with Gasteiger partial charge in [0.1, 0.15) is 5.76 Å². The first-order valence-electron chi connectivity index (χ1n) is 7.28. The lowest BCUT2D eigenvalue weighted by Crippen LogP contribution is -2.35. The van der Waals surface area contributed by atoms with E-state index >= 15 is 0 Å². The number of hydrogen-bond acceptors (Lipinski definition) is 3. The smallest absolute Gasteiger partial charge is 0.118 e. The van der Waals surface area contributed by atoms with Gasteiger partial charge in [-0.05, 0) is 32.5 Å². The highest BCUT2D eigenvalue weighted by molar-refractivity contribution is 5.12. The maximum absolute atomic E-state index is 5.66. The molecule has 0 aliphatic heterocycles. The summed E-state index contributed by atoms with van der Waals surface area (Å²) in [5.41, 5.74) is 1.24. The first-order valence-corrected chi connectivity index (χ1v) is 7.28. The SMILES string of the molecule is CCN(Cc1cc(CNC)co1)C1CCCCC1. The van der Waals surface area contributed by atoms with Crippen molar-refractivity contribution >= 4 is 0 Å². The van der Waals surface area contributed by atoms with E-state index in [1.807, 2.05) is 13.3 Å². The largest absolute Gasteiger partial charge is 0.468 e. The van der Waals surface area contributed by atoms with Crippen LogP contribution in [-0.4, -0.2) is 24.5 Å². The summed E-state index contributed by atoms with van der Waals surface area (Å²) in [6.45, 7) is 5.22. The lowest BCUT2D eigenvalue weighted by atomic mass is 9.94. The first-order chi connectivity index (χ1) is 8.83. The van der Waals surface area contributed by atoms with Gasteiger partial charge >= 0.3 is 0 Å². The zero-order valence-electron chi connectivity index (χ0n) is 11.7. The Morgan fingerprint density at radius 1 is 1.33 bits per heavy atom. The minimum atomic E-state index is 0.765. The van der Waals surface area contributed by atoms with Crippen molar-refractivity contribution < 1.29 is 4.42 Å². The predicted octanol–water partition coefficient (Wildman–Crippen LogP) is 3.15. The van der Waals surface area contributed by atoms with Gasteiger partial charge in [0.25, 0.3) is 0 Å². The van der Waals surface area contributed by atoms with Crippen LogP contribution >= 0.6 is 0 Å². The van der Waals surface area contributed by atoms with E-state index in [2.05, 4.69) is 23.2 Å². The molecule has 1 aromatic rings. The van der Waals surface area contributed by atoms with E-state index in [0.29, 0.717) is 0 Å². The van der Waals surface area contributed by atoms with Gasteiger partial charge in [-0.1, -0.05) is 26.2 Å². The summed E-state index contributed by atoms with van der Waals surface area (Å²) in [6, 6.07) is 2.95. The fourth-order valence-corrected chi connectivity index (χ4v) is 2.95. The normalized spacial score (nSPS) is 17.5. The summed E-state index contributed by atoms with van der Waals surface area (Å²) < 4.78 is 5.66. The Balaban J connectivity index is 1.91. The Morgan fingerprint density at radius 2 is 2.11 bits per heavy atom. The van der Waals surface area contributed by atoms with Crippen LogP contribution in [0.5, 0.6) is 0 Å². The highest BCUT2D eigenvalue weighted by atomic mass is 16.3. The van der Waals surface area contributed by atoms with Crippen LogP contribution in [0.3, 0.4) is 0 Å². The third kappa shape index (κ3) is 3.59. The molecule has 3 nitrogen and oxygen atoms in total. The maximum Gasteiger partial charge on any atom is 0.118 e. The van der Waals surface area contributed by atoms with Crippen molar-refractivity contribution in [2.75, 3.05) is 13.6 Å². The molecular formula is C15H26N2O. The molecule has 1 fully saturated rings. The van der Waals surface area contributed by atoms with E-state index in [9.17, 15) is 0 Å². The molecule has 2 rings (SSSR count). The summed E-state index contributed by atoms with van der Waals surface area (Å²) >= 11 is 0. The number of nitrogens with one attached hydrogen (secondary N) is 1. The van der Waals surface area contributed by atoms with Crippen LogP contribution in [0.15, 0.2) is 16.7 Å². The quantitative estimate of drug-likeness (QED) is 0.840. The van der Waals surface area contributed by atoms with Crippen LogP contribution in [0.2, 0.25) is 0 Å². The van der Waals surface area contributed by atoms with E-state index in [0.717, 1.165) is 31.4 Å². The van der Waals surface area contributed by atoms with Gasteiger partial charge in [-0.25, -0.2) is 0 Å². The Kier molecular flexibility index (Phi) is 5.26. The number of hydrogen-bond donors (Lipinski definition) is 1. The van der Waals surface area contributed by atoms with Crippen molar-refractivity contribution in [2.24, 2.45) is 0 Å². The average Bonchev–Trinajstić information content (AvgIpc) is 2.85. The monoisotopic (exact) mass is 250 g/mol. The minimum absolute atomic E-state index is 0.765. The molecule has 1 aliphatic carbocycles. The molecule has 0 bridgehead atoms. The molecule has 102 valence electrons. The van der Waals surface area contributed by atoms with Crippen molar-refractivity contribution in [1.82, 2.24) is 10.2 Å². The standard InChI is InChI=1S/C15H26N2O/c1-3-17(14-7-5-4-6-8-14)11-15-9-13(10-16-2)12-18-15/h9,12,14,16H,3-8,10-11H2,1-2H3. The van der Waals surface area contributed by atoms with Crippen molar-refractivity contribution in [3.05, 3.63) is 23.7 Å². The fraction of sp³-hybridized carbons (Fsp3) is 0.733. The second kappa shape index (κ2) is 6.95. The highest BCUT2D eigenvalue weighted by Gasteiger charge is 2.20. The van der Waals surface area contributed by atoms with Crippen molar-refractivity contribution in [3.63, 3.8) is 0 Å². The lowest BCUT2D eigenvalue weighted by molar-refractivity contribution is 0.145. The summed E-state index contributed by atoms with van der Waals surface area (Å²) in [4.78, 5) is 2.57. The Labute approximate surface area is 111 Å². The van der Waals surface area contributed by atoms with Crippen LogP contribution in [0.1, 0.15) is 50.4 Å². The van der Waals surface area contributed by atoms with Crippen LogP contribution in [0, 0.1) is 0 Å². The van der Waals surface area contributed by atoms with Crippen LogP contribution in [0.25, 0.3) is 0 Å². The first kappa shape index (κ1) is 13.6. The highest BCUT2D eigenvalue weighted by Crippen LogP contribution is 2.24. The molecular weight excluding hydrogens is 224 g/mol. The van der Waals surface area contributed by atoms with Crippen LogP contribution in [-0.2, 0) is 13.1 Å². The molecule has 1 aromatic heterocycles. The Hall–Kier alpha value is -0.800. The molecule has 1 N–H and O–H groups in total. The molecule has 0 amide bonds. The van der Waals surface area contributed by atoms with E-state index in [4.69, 9.17) is 4.42 Å². The lowest BCUT2D eigenvalue weighted by Gasteiger charge is -2.32. The van der Waals surface area contributed by atoms with Gasteiger partial charge in [-0.2, -0.15) is 0 Å². The van der Waals surface area contributed by atoms with Crippen LogP contribution in [0.4, 0.5) is 0 Å². The van der Waals surface area contributed by atoms with Gasteiger partial charge in [0.05, 0.1) is 12.8 Å². The zero-order valence-corrected chi connectivity index (χ0v) is 11.7. The molecule has 18 heavy (non-hydrogen) atoms. The molecule has 0 atom stereocenters. The Morgan fingerprint density at radius 3 is 2.78 bits per heavy atom. The summed E-state index contributed by atoms with van der Waals surface area (Å²) in [7, 11) is 1.97. The van der Waals surface area contributed by atoms with E-state index in [1.54, 1.807) is 0 Å². The van der Waals surface area contributed by atoms with Gasteiger partial charge < -0.3 is 9.73 Å². The predicted molar refractivity (Wildman–Crippen MR) is 74.4 cm³/mol. The van der Waals surface area contributed by atoms with E-state index in [-0.39, 0.29) is 0 Å². The maximum atomic E-state index is 5.66. The van der Waals surface area contributed by atoms with Gasteiger partial charge in [0.15, 0.2) is 0 Å². The van der Waals surface area contributed by atoms with Crippen LogP contribution < -0.4 is 5.32 Å². The second-order valence-electron chi connectivity index (χ2n) is 5.31. The molecule has 0 aromatic carbocycles. The summed E-state index contributed by atoms with van der Waals surface area (Å²) in [6.07, 6.45) is 8.80. The second-order valence-corrected chi connectivity index (χ2v) is 5.31. The molecule has 0 radical (unpaired) electrons. The van der Waals surface area contributed by atoms with E-state index < -0.39 is 0 Å². The van der Waals surface area contributed by atoms with Gasteiger partial charge in [-0.3, -0.25) is 4.90 Å². The molecule has 0 spiro atoms. The summed E-state index contributed by atoms with van der Waals surface area (Å²) in [5, 5.41) is 3.15. The third-order valence-corrected chi connectivity index (χ3v) is 3.95. The van der Waals surface area contributed by atoms with Crippen molar-refractivity contribution in [3.8, 4) is 0 Å². The van der Waals surface area contributed by atoms with Crippen molar-refractivity contribution in [2.45, 2.75) is 58.2 Å². The Bertz CT molecular complexity index is 342. The molecule has 1 heterocycles. The van der Waals surface area contributed by atoms with Gasteiger partial charge in [-0.15, -0.1) is 0 Å². The minimum Gasteiger partial charge on any atom is -0.468 e. The molecule has 0 unspecified atom stereocenters. The molecule has 3 heteroatoms. The topological polar surface area (TPSA) is 28.4 Å². The number of nitrogens with zero attached hydrogens (tertiary/aromatic N) is 1. The van der Waals surface area contributed by atoms with E-state index in [1.165, 1.54) is 37.7 Å². The zero-order chi connectivity index (χ0) is 12.8. The van der Waals surface area contributed by atoms with Crippen molar-refractivity contribution in [1.29, 1.82) is 0 Å². The third-order valence-electron chi connectivity index (χ3n) is 3.95. The molecule has 1 saturated carbocycles.